The highest BCUT2D eigenvalue weighted by Gasteiger charge is 2.34. The molecule has 2 atom stereocenters. The molecule has 0 aliphatic carbocycles. The molecule has 2 unspecified atom stereocenters. The molecule has 43 heavy (non-hydrogen) atoms. The number of anilines is 1. The van der Waals surface area contributed by atoms with Crippen LogP contribution in [0.4, 0.5) is 10.5 Å². The molecule has 0 saturated carbocycles. The number of amides is 1. The molecule has 8 nitrogen and oxygen atoms in total. The summed E-state index contributed by atoms with van der Waals surface area (Å²) in [5, 5.41) is 5.74. The van der Waals surface area contributed by atoms with Crippen LogP contribution in [0.5, 0.6) is 0 Å². The smallest absolute Gasteiger partial charge is 0.410 e. The van der Waals surface area contributed by atoms with Crippen molar-refractivity contribution < 1.29 is 9.53 Å². The number of ether oxygens (including phenoxy) is 1. The Balaban J connectivity index is 0.00000180. The van der Waals surface area contributed by atoms with Gasteiger partial charge in [0.25, 0.3) is 0 Å². The average molecular weight is 579 g/mol. The number of benzene rings is 2. The van der Waals surface area contributed by atoms with E-state index in [1.807, 2.05) is 87.7 Å². The first-order valence-corrected chi connectivity index (χ1v) is 15.1. The first-order valence-electron chi connectivity index (χ1n) is 15.1. The second-order valence-electron chi connectivity index (χ2n) is 12.0. The van der Waals surface area contributed by atoms with Crippen molar-refractivity contribution >= 4 is 28.3 Å². The molecule has 8 heteroatoms. The number of hydrogen-bond acceptors (Lipinski definition) is 6. The fourth-order valence-corrected chi connectivity index (χ4v) is 5.88. The van der Waals surface area contributed by atoms with Crippen molar-refractivity contribution in [3.63, 3.8) is 0 Å². The van der Waals surface area contributed by atoms with E-state index in [1.165, 1.54) is 0 Å². The summed E-state index contributed by atoms with van der Waals surface area (Å²) in [7, 11) is 0. The van der Waals surface area contributed by atoms with Gasteiger partial charge in [0.05, 0.1) is 11.7 Å². The van der Waals surface area contributed by atoms with Gasteiger partial charge in [0, 0.05) is 65.5 Å². The zero-order valence-corrected chi connectivity index (χ0v) is 26.5. The standard InChI is InChI=1S/C33H36N6O2.C2H6/c1-21-15-28(27-9-7-8-10-30(27)36-21)29-17-35-38-20-25(16-34-31(29)38)24-11-13-26(14-12-24)39-22(2)18-37(19-23(39)3)32(40)41-33(4,5)6;1-2/h7-17,20,22-23H,18-19H2,1-6H3;1-2H3. The van der Waals surface area contributed by atoms with Crippen LogP contribution in [0.15, 0.2) is 73.2 Å². The van der Waals surface area contributed by atoms with Crippen molar-refractivity contribution in [3.8, 4) is 22.3 Å². The zero-order chi connectivity index (χ0) is 30.9. The highest BCUT2D eigenvalue weighted by molar-refractivity contribution is 5.98. The van der Waals surface area contributed by atoms with E-state index in [2.05, 4.69) is 65.2 Å². The number of piperazine rings is 1. The summed E-state index contributed by atoms with van der Waals surface area (Å²) >= 11 is 0. The Morgan fingerprint density at radius 3 is 2.26 bits per heavy atom. The van der Waals surface area contributed by atoms with Crippen LogP contribution in [-0.4, -0.2) is 61.3 Å². The Hall–Kier alpha value is -4.46. The van der Waals surface area contributed by atoms with Crippen molar-refractivity contribution in [2.75, 3.05) is 18.0 Å². The zero-order valence-electron chi connectivity index (χ0n) is 26.5. The number of nitrogens with zero attached hydrogens (tertiary/aromatic N) is 6. The van der Waals surface area contributed by atoms with Gasteiger partial charge in [0.2, 0.25) is 0 Å². The van der Waals surface area contributed by atoms with Crippen molar-refractivity contribution in [1.82, 2.24) is 24.5 Å². The van der Waals surface area contributed by atoms with Crippen LogP contribution in [0, 0.1) is 6.92 Å². The maximum atomic E-state index is 12.7. The molecule has 224 valence electrons. The molecule has 3 aromatic heterocycles. The highest BCUT2D eigenvalue weighted by Crippen LogP contribution is 2.32. The molecule has 1 amide bonds. The van der Waals surface area contributed by atoms with E-state index in [-0.39, 0.29) is 18.2 Å². The molecule has 1 aliphatic rings. The van der Waals surface area contributed by atoms with Gasteiger partial charge < -0.3 is 14.5 Å². The summed E-state index contributed by atoms with van der Waals surface area (Å²) in [6, 6.07) is 19.1. The Morgan fingerprint density at radius 2 is 1.58 bits per heavy atom. The van der Waals surface area contributed by atoms with Crippen LogP contribution in [0.25, 0.3) is 38.8 Å². The molecular weight excluding hydrogens is 536 g/mol. The van der Waals surface area contributed by atoms with E-state index in [0.717, 1.165) is 50.2 Å². The summed E-state index contributed by atoms with van der Waals surface area (Å²) in [4.78, 5) is 26.4. The number of carbonyl (C=O) groups excluding carboxylic acids is 1. The Morgan fingerprint density at radius 1 is 0.907 bits per heavy atom. The average Bonchev–Trinajstić information content (AvgIpc) is 3.40. The number of para-hydroxylation sites is 1. The number of fused-ring (bicyclic) bond motifs is 2. The van der Waals surface area contributed by atoms with E-state index in [9.17, 15) is 4.79 Å². The molecule has 0 spiro atoms. The van der Waals surface area contributed by atoms with Gasteiger partial charge in [-0.2, -0.15) is 5.10 Å². The van der Waals surface area contributed by atoms with Crippen LogP contribution in [-0.2, 0) is 4.74 Å². The second-order valence-corrected chi connectivity index (χ2v) is 12.0. The van der Waals surface area contributed by atoms with Gasteiger partial charge in [0.1, 0.15) is 5.60 Å². The lowest BCUT2D eigenvalue weighted by Crippen LogP contribution is -2.58. The Bertz CT molecular complexity index is 1730. The molecule has 1 fully saturated rings. The van der Waals surface area contributed by atoms with E-state index >= 15 is 0 Å². The summed E-state index contributed by atoms with van der Waals surface area (Å²) < 4.78 is 7.46. The normalized spacial score (nSPS) is 17.1. The first kappa shape index (κ1) is 30.0. The Labute approximate surface area is 254 Å². The summed E-state index contributed by atoms with van der Waals surface area (Å²) in [5.41, 5.74) is 7.50. The van der Waals surface area contributed by atoms with Crippen molar-refractivity contribution in [2.24, 2.45) is 0 Å². The number of hydrogen-bond donors (Lipinski definition) is 0. The largest absolute Gasteiger partial charge is 0.444 e. The van der Waals surface area contributed by atoms with E-state index in [1.54, 1.807) is 0 Å². The van der Waals surface area contributed by atoms with Gasteiger partial charge in [-0.05, 0) is 76.9 Å². The Kier molecular flexibility index (Phi) is 8.40. The molecule has 0 bridgehead atoms. The third kappa shape index (κ3) is 6.19. The lowest BCUT2D eigenvalue weighted by atomic mass is 10.0. The van der Waals surface area contributed by atoms with Gasteiger partial charge in [-0.15, -0.1) is 0 Å². The van der Waals surface area contributed by atoms with Crippen LogP contribution in [0.3, 0.4) is 0 Å². The predicted octanol–water partition coefficient (Wildman–Crippen LogP) is 7.78. The minimum absolute atomic E-state index is 0.158. The van der Waals surface area contributed by atoms with Gasteiger partial charge in [-0.25, -0.2) is 14.3 Å². The summed E-state index contributed by atoms with van der Waals surface area (Å²) in [5.74, 6) is 0. The molecule has 4 heterocycles. The lowest BCUT2D eigenvalue weighted by Gasteiger charge is -2.45. The van der Waals surface area contributed by atoms with Crippen LogP contribution >= 0.6 is 0 Å². The third-order valence-corrected chi connectivity index (χ3v) is 7.56. The van der Waals surface area contributed by atoms with E-state index in [0.29, 0.717) is 13.1 Å². The molecule has 1 saturated heterocycles. The molecule has 0 radical (unpaired) electrons. The molecule has 2 aromatic carbocycles. The van der Waals surface area contributed by atoms with E-state index < -0.39 is 5.60 Å². The summed E-state index contributed by atoms with van der Waals surface area (Å²) in [6.07, 6.45) is 5.58. The number of pyridine rings is 1. The van der Waals surface area contributed by atoms with E-state index in [4.69, 9.17) is 9.72 Å². The summed E-state index contributed by atoms with van der Waals surface area (Å²) in [6.45, 7) is 17.3. The fraction of sp³-hybridized carbons (Fsp3) is 0.371. The van der Waals surface area contributed by atoms with Gasteiger partial charge in [-0.3, -0.25) is 4.98 Å². The van der Waals surface area contributed by atoms with Crippen LogP contribution in [0.1, 0.15) is 54.2 Å². The van der Waals surface area contributed by atoms with Gasteiger partial charge >= 0.3 is 6.09 Å². The molecule has 6 rings (SSSR count). The second kappa shape index (κ2) is 12.0. The van der Waals surface area contributed by atoms with Crippen molar-refractivity contribution in [2.45, 2.75) is 73.1 Å². The maximum Gasteiger partial charge on any atom is 0.410 e. The molecule has 0 N–H and O–H groups in total. The number of aryl methyl sites for hydroxylation is 1. The van der Waals surface area contributed by atoms with Crippen LogP contribution in [0.2, 0.25) is 0 Å². The quantitative estimate of drug-likeness (QED) is 0.218. The maximum absolute atomic E-state index is 12.7. The third-order valence-electron chi connectivity index (χ3n) is 7.56. The first-order chi connectivity index (χ1) is 20.6. The fourth-order valence-electron chi connectivity index (χ4n) is 5.88. The molecular formula is C35H42N6O2. The van der Waals surface area contributed by atoms with Crippen molar-refractivity contribution in [1.29, 1.82) is 0 Å². The minimum Gasteiger partial charge on any atom is -0.444 e. The predicted molar refractivity (Wildman–Crippen MR) is 174 cm³/mol. The monoisotopic (exact) mass is 578 g/mol. The molecule has 5 aromatic rings. The SMILES string of the molecule is CC.Cc1cc(-c2cnn3cc(-c4ccc(N5C(C)CN(C(=O)OC(C)(C)C)CC5C)cc4)cnc23)c2ccccc2n1. The number of aromatic nitrogens is 4. The minimum atomic E-state index is -0.501. The molecule has 1 aliphatic heterocycles. The van der Waals surface area contributed by atoms with Gasteiger partial charge in [0.15, 0.2) is 5.65 Å². The number of rotatable bonds is 3. The van der Waals surface area contributed by atoms with Crippen LogP contribution < -0.4 is 4.90 Å². The topological polar surface area (TPSA) is 75.9 Å². The van der Waals surface area contributed by atoms with Crippen molar-refractivity contribution in [3.05, 3.63) is 78.9 Å². The lowest BCUT2D eigenvalue weighted by molar-refractivity contribution is 0.0193. The number of carbonyl (C=O) groups is 1. The highest BCUT2D eigenvalue weighted by atomic mass is 16.6. The van der Waals surface area contributed by atoms with Gasteiger partial charge in [-0.1, -0.05) is 44.2 Å².